The average molecular weight is 1440 g/mol. The summed E-state index contributed by atoms with van der Waals surface area (Å²) in [6, 6.07) is 129. The van der Waals surface area contributed by atoms with Gasteiger partial charge in [-0.25, -0.2) is 49.8 Å². The van der Waals surface area contributed by atoms with Gasteiger partial charge in [-0.15, -0.1) is 22.7 Å². The molecule has 6 aromatic heterocycles. The van der Waals surface area contributed by atoms with Crippen LogP contribution in [0.5, 0.6) is 0 Å². The molecule has 14 aromatic carbocycles. The normalized spacial score (nSPS) is 11.3. The van der Waals surface area contributed by atoms with Gasteiger partial charge < -0.3 is 0 Å². The van der Waals surface area contributed by atoms with Gasteiger partial charge in [0, 0.05) is 107 Å². The summed E-state index contributed by atoms with van der Waals surface area (Å²) < 4.78 is 4.73. The largest absolute Gasteiger partial charge is 0.228 e. The zero-order chi connectivity index (χ0) is 73.1. The third kappa shape index (κ3) is 13.3. The summed E-state index contributed by atoms with van der Waals surface area (Å²) in [6.07, 6.45) is 0. The highest BCUT2D eigenvalue weighted by Gasteiger charge is 2.22. The number of rotatable bonds is 14. The molecule has 0 aliphatic rings. The fourth-order valence-electron chi connectivity index (χ4n) is 14.2. The van der Waals surface area contributed by atoms with Crippen molar-refractivity contribution < 1.29 is 0 Å². The Hall–Kier alpha value is -14.3. The molecule has 0 saturated carbocycles. The predicted octanol–water partition coefficient (Wildman–Crippen LogP) is 25.4. The smallest absolute Gasteiger partial charge is 0.165 e. The summed E-state index contributed by atoms with van der Waals surface area (Å²) in [4.78, 5) is 50.2. The third-order valence-electron chi connectivity index (χ3n) is 19.6. The summed E-state index contributed by atoms with van der Waals surface area (Å²) in [6.45, 7) is 0. The molecule has 0 N–H and O–H groups in total. The highest BCUT2D eigenvalue weighted by atomic mass is 32.1. The zero-order valence-electron chi connectivity index (χ0n) is 59.1. The minimum atomic E-state index is 0.635. The van der Waals surface area contributed by atoms with Crippen LogP contribution < -0.4 is 0 Å². The van der Waals surface area contributed by atoms with Crippen molar-refractivity contribution in [3.05, 3.63) is 376 Å². The molecule has 20 aromatic rings. The lowest BCUT2D eigenvalue weighted by atomic mass is 9.97. The van der Waals surface area contributed by atoms with Gasteiger partial charge in [0.2, 0.25) is 0 Å². The van der Waals surface area contributed by atoms with E-state index in [1.807, 2.05) is 194 Å². The highest BCUT2D eigenvalue weighted by Crippen LogP contribution is 2.47. The van der Waals surface area contributed by atoms with E-state index in [0.717, 1.165) is 110 Å². The molecule has 0 amide bonds. The Morgan fingerprint density at radius 3 is 0.673 bits per heavy atom. The second-order valence-electron chi connectivity index (χ2n) is 26.5. The third-order valence-corrected chi connectivity index (χ3v) is 22.0. The Kier molecular flexibility index (Phi) is 17.8. The molecule has 0 radical (unpaired) electrons. The quantitative estimate of drug-likeness (QED) is 0.104. The lowest BCUT2D eigenvalue weighted by Gasteiger charge is -2.10. The van der Waals surface area contributed by atoms with E-state index in [4.69, 9.17) is 49.8 Å². The van der Waals surface area contributed by atoms with Crippen LogP contribution in [0.25, 0.3) is 199 Å². The molecule has 0 fully saturated rings. The highest BCUT2D eigenvalue weighted by molar-refractivity contribution is 7.27. The van der Waals surface area contributed by atoms with Crippen LogP contribution in [0.4, 0.5) is 0 Å². The fraction of sp³-hybridized carbons (Fsp3) is 0. The second-order valence-corrected chi connectivity index (χ2v) is 28.6. The standard InChI is InChI=1S/2C49H31N5S/c1-5-15-33(16-6-1)41-31-42(34-17-7-2-8-18-34)51-46(50-41)37-29-27-32(28-30-37)38-23-14-26-43-44(38)39-24-13-25-40(45(39)55-43)49-53-47(35-19-9-3-10-20-35)52-48(54-49)36-21-11-4-12-22-36;1-5-15-33(16-6-1)41-31-42(34-17-7-2-8-18-34)51-49(50-41)40-25-13-24-39-44-38(23-14-26-43(44)55-45(39)40)32-27-29-37(30-28-32)48-53-46(35-19-9-3-10-20-35)52-47(54-48)36-21-11-4-12-22-36/h2*1-31H. The molecule has 110 heavy (non-hydrogen) atoms. The summed E-state index contributed by atoms with van der Waals surface area (Å²) in [5.74, 6) is 5.29. The number of hydrogen-bond donors (Lipinski definition) is 0. The Balaban J connectivity index is 0.000000149. The van der Waals surface area contributed by atoms with Crippen molar-refractivity contribution in [1.29, 1.82) is 0 Å². The van der Waals surface area contributed by atoms with Crippen molar-refractivity contribution >= 4 is 63.0 Å². The van der Waals surface area contributed by atoms with E-state index in [1.54, 1.807) is 22.7 Å². The monoisotopic (exact) mass is 1440 g/mol. The number of nitrogens with zero attached hydrogens (tertiary/aromatic N) is 10. The van der Waals surface area contributed by atoms with Gasteiger partial charge in [-0.2, -0.15) is 0 Å². The Morgan fingerprint density at radius 1 is 0.155 bits per heavy atom. The van der Waals surface area contributed by atoms with E-state index < -0.39 is 0 Å². The number of thiophene rings is 2. The first kappa shape index (κ1) is 66.4. The maximum absolute atomic E-state index is 5.17. The van der Waals surface area contributed by atoms with Gasteiger partial charge in [0.25, 0.3) is 0 Å². The minimum absolute atomic E-state index is 0.635. The summed E-state index contributed by atoms with van der Waals surface area (Å²) >= 11 is 3.56. The van der Waals surface area contributed by atoms with E-state index in [-0.39, 0.29) is 0 Å². The van der Waals surface area contributed by atoms with Gasteiger partial charge in [-0.1, -0.05) is 340 Å². The molecule has 0 bridgehead atoms. The van der Waals surface area contributed by atoms with Gasteiger partial charge in [0.1, 0.15) is 0 Å². The van der Waals surface area contributed by atoms with Crippen LogP contribution in [0.1, 0.15) is 0 Å². The van der Waals surface area contributed by atoms with Gasteiger partial charge in [0.05, 0.1) is 22.8 Å². The average Bonchev–Trinajstić information content (AvgIpc) is 1.60. The molecular formula is C98H62N10S2. The fourth-order valence-corrected chi connectivity index (χ4v) is 16.6. The van der Waals surface area contributed by atoms with Crippen LogP contribution in [0.15, 0.2) is 376 Å². The van der Waals surface area contributed by atoms with Crippen LogP contribution in [-0.2, 0) is 0 Å². The van der Waals surface area contributed by atoms with E-state index >= 15 is 0 Å². The topological polar surface area (TPSA) is 129 Å². The molecule has 516 valence electrons. The summed E-state index contributed by atoms with van der Waals surface area (Å²) in [7, 11) is 0. The molecule has 12 heteroatoms. The van der Waals surface area contributed by atoms with Gasteiger partial charge in [-0.3, -0.25) is 0 Å². The molecule has 10 nitrogen and oxygen atoms in total. The maximum atomic E-state index is 5.17. The molecule has 6 heterocycles. The van der Waals surface area contributed by atoms with Crippen molar-refractivity contribution in [2.75, 3.05) is 0 Å². The Morgan fingerprint density at radius 2 is 0.373 bits per heavy atom. The van der Waals surface area contributed by atoms with Gasteiger partial charge >= 0.3 is 0 Å². The van der Waals surface area contributed by atoms with Crippen LogP contribution in [-0.4, -0.2) is 49.8 Å². The molecule has 20 rings (SSSR count). The first-order valence-corrected chi connectivity index (χ1v) is 38.0. The molecule has 0 saturated heterocycles. The van der Waals surface area contributed by atoms with Crippen molar-refractivity contribution in [3.63, 3.8) is 0 Å². The molecular weight excluding hydrogens is 1380 g/mol. The first-order chi connectivity index (χ1) is 54.5. The molecule has 0 unspecified atom stereocenters. The first-order valence-electron chi connectivity index (χ1n) is 36.3. The predicted molar refractivity (Wildman–Crippen MR) is 453 cm³/mol. The summed E-state index contributed by atoms with van der Waals surface area (Å²) in [5, 5.41) is 4.79. The van der Waals surface area contributed by atoms with E-state index in [0.29, 0.717) is 46.6 Å². The van der Waals surface area contributed by atoms with Crippen molar-refractivity contribution in [1.82, 2.24) is 49.8 Å². The van der Waals surface area contributed by atoms with Crippen molar-refractivity contribution in [2.24, 2.45) is 0 Å². The number of fused-ring (bicyclic) bond motifs is 6. The van der Waals surface area contributed by atoms with E-state index in [9.17, 15) is 0 Å². The zero-order valence-corrected chi connectivity index (χ0v) is 60.7. The number of benzene rings is 14. The maximum Gasteiger partial charge on any atom is 0.165 e. The minimum Gasteiger partial charge on any atom is -0.228 e. The van der Waals surface area contributed by atoms with Gasteiger partial charge in [-0.05, 0) is 58.7 Å². The van der Waals surface area contributed by atoms with Crippen LogP contribution in [0.2, 0.25) is 0 Å². The van der Waals surface area contributed by atoms with Crippen LogP contribution in [0, 0.1) is 0 Å². The van der Waals surface area contributed by atoms with Gasteiger partial charge in [0.15, 0.2) is 46.6 Å². The molecule has 0 aliphatic heterocycles. The Labute approximate surface area is 642 Å². The van der Waals surface area contributed by atoms with Crippen LogP contribution >= 0.6 is 22.7 Å². The van der Waals surface area contributed by atoms with E-state index in [1.165, 1.54) is 42.1 Å². The molecule has 0 aliphatic carbocycles. The number of hydrogen-bond acceptors (Lipinski definition) is 12. The van der Waals surface area contributed by atoms with Crippen molar-refractivity contribution in [3.8, 4) is 158 Å². The Bertz CT molecular complexity index is 6070. The second kappa shape index (κ2) is 29.6. The van der Waals surface area contributed by atoms with E-state index in [2.05, 4.69) is 182 Å². The summed E-state index contributed by atoms with van der Waals surface area (Å²) in [5.41, 5.74) is 20.1. The number of aromatic nitrogens is 10. The van der Waals surface area contributed by atoms with Crippen molar-refractivity contribution in [2.45, 2.75) is 0 Å². The SMILES string of the molecule is c1ccc(-c2cc(-c3ccccc3)nc(-c3ccc(-c4cccc5sc6c(-c7nc(-c8ccccc8)nc(-c8ccccc8)n7)cccc6c45)cc3)n2)cc1.c1ccc(-c2cc(-c3ccccc3)nc(-c3cccc4c3sc3cccc(-c5ccc(-c6nc(-c7ccccc7)nc(-c7ccccc7)n6)cc5)c34)n2)cc1. The lowest BCUT2D eigenvalue weighted by Crippen LogP contribution is -2.00. The lowest BCUT2D eigenvalue weighted by molar-refractivity contribution is 1.07. The van der Waals surface area contributed by atoms with Crippen LogP contribution in [0.3, 0.4) is 0 Å². The molecule has 0 spiro atoms. The molecule has 0 atom stereocenters.